The fourth-order valence-corrected chi connectivity index (χ4v) is 8.06. The quantitative estimate of drug-likeness (QED) is 0.186. The van der Waals surface area contributed by atoms with Crippen LogP contribution in [0.25, 0.3) is 11.0 Å². The molecular formula is C29H40N10O2S2. The molecule has 0 aromatic carbocycles. The number of anilines is 3. The Hall–Kier alpha value is -2.97. The maximum absolute atomic E-state index is 12.4. The molecule has 7 rings (SSSR count). The second kappa shape index (κ2) is 10.9. The van der Waals surface area contributed by atoms with Gasteiger partial charge in [0, 0.05) is 37.9 Å². The van der Waals surface area contributed by atoms with Gasteiger partial charge in [0.1, 0.15) is 28.7 Å². The lowest BCUT2D eigenvalue weighted by molar-refractivity contribution is 0.0509. The van der Waals surface area contributed by atoms with Gasteiger partial charge in [-0.15, -0.1) is 0 Å². The Balaban J connectivity index is 1.12. The van der Waals surface area contributed by atoms with Crippen molar-refractivity contribution < 1.29 is 9.53 Å². The summed E-state index contributed by atoms with van der Waals surface area (Å²) in [5, 5.41) is 5.45. The van der Waals surface area contributed by atoms with E-state index in [4.69, 9.17) is 30.4 Å². The molecule has 1 amide bonds. The number of alkyl carbamates (subject to hydrolysis) is 1. The minimum Gasteiger partial charge on any atom is -0.444 e. The van der Waals surface area contributed by atoms with E-state index in [0.29, 0.717) is 28.9 Å². The van der Waals surface area contributed by atoms with Crippen LogP contribution in [0, 0.1) is 0 Å². The molecule has 4 aliphatic heterocycles. The topological polar surface area (TPSA) is 141 Å². The second-order valence-corrected chi connectivity index (χ2v) is 14.9. The van der Waals surface area contributed by atoms with Crippen LogP contribution in [0.15, 0.2) is 16.4 Å². The van der Waals surface area contributed by atoms with E-state index in [9.17, 15) is 4.79 Å². The highest BCUT2D eigenvalue weighted by Crippen LogP contribution is 2.63. The molecule has 0 saturated carbocycles. The molecule has 3 saturated heterocycles. The molecule has 0 spiro atoms. The third-order valence-corrected chi connectivity index (χ3v) is 10.5. The van der Waals surface area contributed by atoms with E-state index in [0.717, 1.165) is 79.5 Å². The first-order chi connectivity index (χ1) is 20.6. The first-order valence-corrected chi connectivity index (χ1v) is 17.5. The molecule has 2 unspecified atom stereocenters. The molecule has 0 radical (unpaired) electrons. The smallest absolute Gasteiger partial charge is 0.407 e. The Bertz CT molecular complexity index is 1560. The summed E-state index contributed by atoms with van der Waals surface area (Å²) in [7, 11) is 2.98. The summed E-state index contributed by atoms with van der Waals surface area (Å²) in [5.41, 5.74) is 8.95. The predicted octanol–water partition coefficient (Wildman–Crippen LogP) is 4.40. The van der Waals surface area contributed by atoms with E-state index in [1.165, 1.54) is 27.2 Å². The van der Waals surface area contributed by atoms with Gasteiger partial charge in [-0.25, -0.2) is 24.7 Å². The predicted molar refractivity (Wildman–Crippen MR) is 171 cm³/mol. The minimum atomic E-state index is -0.526. The number of carbonyl (C=O) groups is 1. The Morgan fingerprint density at radius 2 is 1.74 bits per heavy atom. The number of aryl methyl sites for hydroxylation is 1. The summed E-state index contributed by atoms with van der Waals surface area (Å²) in [4.78, 5) is 42.8. The number of nitrogens with zero attached hydrogens (tertiary/aromatic N) is 7. The molecule has 0 aliphatic carbocycles. The second-order valence-electron chi connectivity index (χ2n) is 12.9. The molecular weight excluding hydrogens is 585 g/mol. The van der Waals surface area contributed by atoms with Crippen LogP contribution in [0.4, 0.5) is 22.2 Å². The van der Waals surface area contributed by atoms with Gasteiger partial charge in [0.05, 0.1) is 29.1 Å². The zero-order chi connectivity index (χ0) is 30.0. The van der Waals surface area contributed by atoms with E-state index in [1.54, 1.807) is 0 Å². The van der Waals surface area contributed by atoms with Gasteiger partial charge in [0.2, 0.25) is 10.3 Å². The number of hydrogen-bond acceptors (Lipinski definition) is 12. The van der Waals surface area contributed by atoms with Crippen LogP contribution in [0.5, 0.6) is 0 Å². The van der Waals surface area contributed by atoms with Gasteiger partial charge in [-0.3, -0.25) is 0 Å². The number of aromatic nitrogens is 5. The van der Waals surface area contributed by atoms with Crippen molar-refractivity contribution in [2.24, 2.45) is 5.73 Å². The highest BCUT2D eigenvalue weighted by molar-refractivity contribution is 8.76. The Labute approximate surface area is 259 Å². The number of aromatic amines is 1. The van der Waals surface area contributed by atoms with Crippen molar-refractivity contribution in [3.8, 4) is 0 Å². The lowest BCUT2D eigenvalue weighted by atomic mass is 10.1. The van der Waals surface area contributed by atoms with Crippen LogP contribution in [-0.4, -0.2) is 80.9 Å². The van der Waals surface area contributed by atoms with Crippen LogP contribution in [0.2, 0.25) is 0 Å². The lowest BCUT2D eigenvalue weighted by Crippen LogP contribution is -2.40. The fraction of sp³-hybridized carbons (Fsp3) is 0.621. The molecule has 230 valence electrons. The average Bonchev–Trinajstić information content (AvgIpc) is 3.38. The summed E-state index contributed by atoms with van der Waals surface area (Å²) < 4.78 is 5.49. The summed E-state index contributed by atoms with van der Waals surface area (Å²) in [6.07, 6.45) is 3.41. The van der Waals surface area contributed by atoms with Crippen molar-refractivity contribution in [3.05, 3.63) is 17.3 Å². The van der Waals surface area contributed by atoms with E-state index in [1.807, 2.05) is 20.8 Å². The monoisotopic (exact) mass is 624 g/mol. The number of carbonyl (C=O) groups excluding carboxylic acids is 1. The van der Waals surface area contributed by atoms with Gasteiger partial charge in [0.15, 0.2) is 0 Å². The zero-order valence-electron chi connectivity index (χ0n) is 25.4. The van der Waals surface area contributed by atoms with E-state index >= 15 is 0 Å². The Morgan fingerprint density at radius 1 is 1.05 bits per heavy atom. The van der Waals surface area contributed by atoms with Gasteiger partial charge >= 0.3 is 6.09 Å². The van der Waals surface area contributed by atoms with Gasteiger partial charge in [0.25, 0.3) is 0 Å². The van der Waals surface area contributed by atoms with Crippen molar-refractivity contribution in [2.75, 3.05) is 40.9 Å². The third kappa shape index (κ3) is 5.46. The van der Waals surface area contributed by atoms with Crippen molar-refractivity contribution in [2.45, 2.75) is 100 Å². The summed E-state index contributed by atoms with van der Waals surface area (Å²) in [6, 6.07) is 3.23. The number of H-pyrrole nitrogens is 1. The number of ether oxygens (including phenoxy) is 1. The standard InChI is InChI=1S/C29H40N10O2S2/c1-6-16-12-18-22(31-16)33-26(34-23(18)37-10-8-15(30)13-37)42-43-27-35-24(20-21-19(7-2)39(21)25(20)36-27)38-11-9-17(14-38)32-28(40)41-29(3,4)5/h12,15,17,19,21H,6-11,13-14,30H2,1-5H3,(H,32,40)(H,31,33,34)/t15-,17-,19?,21?,39?/m1/s1. The average molecular weight is 625 g/mol. The SMILES string of the molecule is CCc1cc2c(N3CC[C@@H](N)C3)nc(SSc3nc(N4CC[C@@H](NC(=O)OC(C)(C)C)C4)c4c(n3)N3C(CC)C43)nc2[nH]1. The highest BCUT2D eigenvalue weighted by Gasteiger charge is 2.61. The molecule has 3 fully saturated rings. The van der Waals surface area contributed by atoms with Crippen molar-refractivity contribution >= 4 is 56.2 Å². The van der Waals surface area contributed by atoms with Crippen molar-refractivity contribution in [1.29, 1.82) is 0 Å². The Kier molecular flexibility index (Phi) is 7.28. The zero-order valence-corrected chi connectivity index (χ0v) is 27.0. The van der Waals surface area contributed by atoms with Crippen LogP contribution in [0.1, 0.15) is 71.2 Å². The molecule has 14 heteroatoms. The normalized spacial score (nSPS) is 24.3. The number of nitrogens with one attached hydrogen (secondary N) is 2. The van der Waals surface area contributed by atoms with Gasteiger partial charge in [-0.1, -0.05) is 13.8 Å². The van der Waals surface area contributed by atoms with Crippen LogP contribution < -0.4 is 25.8 Å². The first-order valence-electron chi connectivity index (χ1n) is 15.3. The fourth-order valence-electron chi connectivity index (χ4n) is 6.52. The minimum absolute atomic E-state index is 0.00867. The molecule has 3 aromatic heterocycles. The summed E-state index contributed by atoms with van der Waals surface area (Å²) >= 11 is 0. The number of fused-ring (bicyclic) bond motifs is 5. The molecule has 4 atom stereocenters. The molecule has 3 aromatic rings. The number of nitrogens with two attached hydrogens (primary N) is 1. The molecule has 12 nitrogen and oxygen atoms in total. The van der Waals surface area contributed by atoms with E-state index in [2.05, 4.69) is 44.9 Å². The van der Waals surface area contributed by atoms with Crippen molar-refractivity contribution in [1.82, 2.24) is 30.2 Å². The molecule has 7 heterocycles. The maximum atomic E-state index is 12.4. The first kappa shape index (κ1) is 28.8. The molecule has 4 N–H and O–H groups in total. The van der Waals surface area contributed by atoms with E-state index in [-0.39, 0.29) is 18.2 Å². The largest absolute Gasteiger partial charge is 0.444 e. The molecule has 4 aliphatic rings. The highest BCUT2D eigenvalue weighted by atomic mass is 33.1. The lowest BCUT2D eigenvalue weighted by Gasteiger charge is -2.28. The van der Waals surface area contributed by atoms with Crippen LogP contribution in [-0.2, 0) is 11.2 Å². The number of hydrogen-bond donors (Lipinski definition) is 3. The summed E-state index contributed by atoms with van der Waals surface area (Å²) in [5.74, 6) is 2.96. The van der Waals surface area contributed by atoms with Crippen molar-refractivity contribution in [3.63, 3.8) is 0 Å². The van der Waals surface area contributed by atoms with Gasteiger partial charge in [-0.2, -0.15) is 0 Å². The van der Waals surface area contributed by atoms with Gasteiger partial charge < -0.3 is 35.5 Å². The number of amides is 1. The molecule has 43 heavy (non-hydrogen) atoms. The van der Waals surface area contributed by atoms with Crippen LogP contribution >= 0.6 is 21.6 Å². The molecule has 0 bridgehead atoms. The third-order valence-electron chi connectivity index (χ3n) is 8.58. The van der Waals surface area contributed by atoms with E-state index < -0.39 is 5.60 Å². The Morgan fingerprint density at radius 3 is 2.44 bits per heavy atom. The maximum Gasteiger partial charge on any atom is 0.407 e. The van der Waals surface area contributed by atoms with Crippen LogP contribution in [0.3, 0.4) is 0 Å². The van der Waals surface area contributed by atoms with Gasteiger partial charge in [-0.05, 0) is 74.1 Å². The summed E-state index contributed by atoms with van der Waals surface area (Å²) in [6.45, 7) is 13.2. The number of rotatable bonds is 8.